The van der Waals surface area contributed by atoms with Crippen molar-refractivity contribution in [2.24, 2.45) is 0 Å². The quantitative estimate of drug-likeness (QED) is 0.558. The summed E-state index contributed by atoms with van der Waals surface area (Å²) in [7, 11) is 0. The van der Waals surface area contributed by atoms with Crippen LogP contribution in [-0.4, -0.2) is 16.8 Å². The van der Waals surface area contributed by atoms with Crippen molar-refractivity contribution >= 4 is 16.8 Å². The van der Waals surface area contributed by atoms with Crippen LogP contribution in [0.15, 0.2) is 30.5 Å². The van der Waals surface area contributed by atoms with Crippen molar-refractivity contribution in [3.63, 3.8) is 0 Å². The molecule has 112 valence electrons. The molecule has 1 aliphatic rings. The van der Waals surface area contributed by atoms with E-state index in [9.17, 15) is 4.79 Å². The normalized spacial score (nSPS) is 16.0. The number of hydrogen-bond acceptors (Lipinski definition) is 5. The number of carbonyl (C=O) groups excluding carboxylic acids is 1. The molecule has 0 atom stereocenters. The first-order chi connectivity index (χ1) is 10.1. The van der Waals surface area contributed by atoms with Gasteiger partial charge in [0.05, 0.1) is 6.42 Å². The Hall–Kier alpha value is -1.93. The van der Waals surface area contributed by atoms with Gasteiger partial charge in [-0.1, -0.05) is 18.2 Å². The molecule has 1 aliphatic heterocycles. The zero-order valence-electron chi connectivity index (χ0n) is 12.1. The third-order valence-electron chi connectivity index (χ3n) is 3.53. The van der Waals surface area contributed by atoms with Gasteiger partial charge in [-0.25, -0.2) is 10.9 Å². The number of carbonyl (C=O) groups is 1. The maximum Gasteiger partial charge on any atom is 0.226 e. The number of nitrogens with zero attached hydrogens (tertiary/aromatic N) is 1. The second kappa shape index (κ2) is 5.82. The van der Waals surface area contributed by atoms with Gasteiger partial charge in [0, 0.05) is 23.1 Å². The highest BCUT2D eigenvalue weighted by molar-refractivity contribution is 5.89. The molecule has 1 aromatic carbocycles. The van der Waals surface area contributed by atoms with E-state index in [1.54, 1.807) is 0 Å². The number of nitrogens with one attached hydrogen (secondary N) is 5. The molecule has 21 heavy (non-hydrogen) atoms. The average molecular weight is 288 g/mol. The number of aromatic nitrogens is 1. The number of hydrogen-bond donors (Lipinski definition) is 5. The topological polar surface area (TPSA) is 82.2 Å². The first kappa shape index (κ1) is 14.0. The molecule has 1 amide bonds. The SMILES string of the molecule is CC(C)n1cc(CC(=O)NC2NNNN2)c2ccccc21. The molecule has 5 N–H and O–H groups in total. The molecule has 0 aliphatic carbocycles. The summed E-state index contributed by atoms with van der Waals surface area (Å²) in [4.78, 5) is 12.1. The monoisotopic (exact) mass is 288 g/mol. The molecule has 7 heteroatoms. The van der Waals surface area contributed by atoms with Gasteiger partial charge in [0.15, 0.2) is 6.29 Å². The highest BCUT2D eigenvalue weighted by Crippen LogP contribution is 2.24. The zero-order valence-corrected chi connectivity index (χ0v) is 12.1. The molecule has 1 saturated heterocycles. The lowest BCUT2D eigenvalue weighted by atomic mass is 10.1. The van der Waals surface area contributed by atoms with Crippen LogP contribution >= 0.6 is 0 Å². The number of amides is 1. The summed E-state index contributed by atoms with van der Waals surface area (Å²) in [5.74, 6) is -0.0443. The van der Waals surface area contributed by atoms with Gasteiger partial charge in [0.1, 0.15) is 0 Å². The summed E-state index contributed by atoms with van der Waals surface area (Å²) in [6.07, 6.45) is 2.09. The van der Waals surface area contributed by atoms with E-state index < -0.39 is 0 Å². The molecule has 0 radical (unpaired) electrons. The number of hydrazine groups is 3. The van der Waals surface area contributed by atoms with E-state index in [1.165, 1.54) is 0 Å². The predicted molar refractivity (Wildman–Crippen MR) is 80.5 cm³/mol. The summed E-state index contributed by atoms with van der Waals surface area (Å²) in [5.41, 5.74) is 13.2. The van der Waals surface area contributed by atoms with Gasteiger partial charge in [-0.15, -0.1) is 0 Å². The van der Waals surface area contributed by atoms with E-state index in [2.05, 4.69) is 64.0 Å². The third kappa shape index (κ3) is 2.91. The third-order valence-corrected chi connectivity index (χ3v) is 3.53. The highest BCUT2D eigenvalue weighted by atomic mass is 16.2. The maximum atomic E-state index is 12.1. The van der Waals surface area contributed by atoms with Crippen molar-refractivity contribution in [2.75, 3.05) is 0 Å². The minimum atomic E-state index is -0.323. The van der Waals surface area contributed by atoms with Crippen molar-refractivity contribution < 1.29 is 4.79 Å². The van der Waals surface area contributed by atoms with Crippen molar-refractivity contribution in [3.8, 4) is 0 Å². The molecule has 2 heterocycles. The van der Waals surface area contributed by atoms with Crippen LogP contribution in [0.5, 0.6) is 0 Å². The molecule has 0 unspecified atom stereocenters. The number of rotatable bonds is 4. The van der Waals surface area contributed by atoms with Gasteiger partial charge in [-0.05, 0) is 25.5 Å². The van der Waals surface area contributed by atoms with Gasteiger partial charge in [-0.3, -0.25) is 4.79 Å². The lowest BCUT2D eigenvalue weighted by molar-refractivity contribution is -0.121. The summed E-state index contributed by atoms with van der Waals surface area (Å²) < 4.78 is 2.20. The first-order valence-electron chi connectivity index (χ1n) is 7.04. The van der Waals surface area contributed by atoms with Gasteiger partial charge in [0.2, 0.25) is 5.91 Å². The summed E-state index contributed by atoms with van der Waals surface area (Å²) in [6, 6.07) is 8.53. The smallest absolute Gasteiger partial charge is 0.226 e. The van der Waals surface area contributed by atoms with Crippen LogP contribution in [0.25, 0.3) is 10.9 Å². The fraction of sp³-hybridized carbons (Fsp3) is 0.357. The Balaban J connectivity index is 1.81. The number of benzene rings is 1. The average Bonchev–Trinajstić information content (AvgIpc) is 3.07. The van der Waals surface area contributed by atoms with Crippen LogP contribution < -0.4 is 27.2 Å². The van der Waals surface area contributed by atoms with E-state index >= 15 is 0 Å². The van der Waals surface area contributed by atoms with Crippen LogP contribution in [0, 0.1) is 0 Å². The minimum absolute atomic E-state index is 0.0443. The first-order valence-corrected chi connectivity index (χ1v) is 7.04. The second-order valence-electron chi connectivity index (χ2n) is 5.39. The van der Waals surface area contributed by atoms with E-state index in [4.69, 9.17) is 0 Å². The largest absolute Gasteiger partial charge is 0.345 e. The molecule has 1 fully saturated rings. The Morgan fingerprint density at radius 1 is 1.29 bits per heavy atom. The Morgan fingerprint density at radius 3 is 2.71 bits per heavy atom. The van der Waals surface area contributed by atoms with Crippen LogP contribution in [0.3, 0.4) is 0 Å². The molecule has 0 saturated carbocycles. The van der Waals surface area contributed by atoms with Crippen LogP contribution in [0.4, 0.5) is 0 Å². The van der Waals surface area contributed by atoms with Gasteiger partial charge >= 0.3 is 0 Å². The lowest BCUT2D eigenvalue weighted by Gasteiger charge is -2.10. The van der Waals surface area contributed by atoms with E-state index in [0.29, 0.717) is 12.5 Å². The number of fused-ring (bicyclic) bond motifs is 1. The molecule has 3 rings (SSSR count). The Kier molecular flexibility index (Phi) is 3.89. The van der Waals surface area contributed by atoms with Gasteiger partial charge in [0.25, 0.3) is 0 Å². The van der Waals surface area contributed by atoms with Gasteiger partial charge < -0.3 is 9.88 Å². The summed E-state index contributed by atoms with van der Waals surface area (Å²) in [6.45, 7) is 4.28. The Morgan fingerprint density at radius 2 is 2.00 bits per heavy atom. The summed E-state index contributed by atoms with van der Waals surface area (Å²) >= 11 is 0. The van der Waals surface area contributed by atoms with Crippen molar-refractivity contribution in [1.29, 1.82) is 0 Å². The van der Waals surface area contributed by atoms with Crippen LogP contribution in [0.1, 0.15) is 25.5 Å². The summed E-state index contributed by atoms with van der Waals surface area (Å²) in [5, 5.41) is 3.96. The standard InChI is InChI=1S/C14H20N6O/c1-9(2)20-8-10(11-5-3-4-6-12(11)20)7-13(21)15-14-16-18-19-17-14/h3-6,8-9,14,16-19H,7H2,1-2H3,(H,15,21). The molecule has 7 nitrogen and oxygen atoms in total. The maximum absolute atomic E-state index is 12.1. The molecule has 2 aromatic rings. The van der Waals surface area contributed by atoms with Gasteiger partial charge in [-0.2, -0.15) is 11.1 Å². The molecule has 0 bridgehead atoms. The molecular weight excluding hydrogens is 268 g/mol. The highest BCUT2D eigenvalue weighted by Gasteiger charge is 2.17. The van der Waals surface area contributed by atoms with Crippen LogP contribution in [0.2, 0.25) is 0 Å². The number of para-hydroxylation sites is 1. The van der Waals surface area contributed by atoms with Crippen molar-refractivity contribution in [3.05, 3.63) is 36.0 Å². The molecule has 1 aromatic heterocycles. The van der Waals surface area contributed by atoms with Crippen molar-refractivity contribution in [2.45, 2.75) is 32.6 Å². The zero-order chi connectivity index (χ0) is 14.8. The predicted octanol–water partition coefficient (Wildman–Crippen LogP) is 0.282. The lowest BCUT2D eigenvalue weighted by Crippen LogP contribution is -2.50. The van der Waals surface area contributed by atoms with E-state index in [1.807, 2.05) is 12.1 Å². The fourth-order valence-corrected chi connectivity index (χ4v) is 2.56. The Bertz CT molecular complexity index is 644. The molecular formula is C14H20N6O. The Labute approximate surface area is 123 Å². The van der Waals surface area contributed by atoms with E-state index in [-0.39, 0.29) is 12.2 Å². The van der Waals surface area contributed by atoms with Crippen LogP contribution in [-0.2, 0) is 11.2 Å². The van der Waals surface area contributed by atoms with E-state index in [0.717, 1.165) is 16.5 Å². The second-order valence-corrected chi connectivity index (χ2v) is 5.39. The fourth-order valence-electron chi connectivity index (χ4n) is 2.56. The molecule has 0 spiro atoms. The van der Waals surface area contributed by atoms with Crippen molar-refractivity contribution in [1.82, 2.24) is 31.8 Å². The minimum Gasteiger partial charge on any atom is -0.345 e.